The van der Waals surface area contributed by atoms with E-state index in [4.69, 9.17) is 10.2 Å². The molecule has 11 heavy (non-hydrogen) atoms. The van der Waals surface area contributed by atoms with E-state index in [9.17, 15) is 0 Å². The van der Waals surface area contributed by atoms with Gasteiger partial charge in [0, 0.05) is 13.2 Å². The van der Waals surface area contributed by atoms with Crippen molar-refractivity contribution >= 4 is 0 Å². The Morgan fingerprint density at radius 2 is 1.82 bits per heavy atom. The Labute approximate surface area is 69.2 Å². The van der Waals surface area contributed by atoms with Gasteiger partial charge in [0.15, 0.2) is 0 Å². The molecule has 0 aliphatic heterocycles. The van der Waals surface area contributed by atoms with Crippen LogP contribution in [0, 0.1) is 11.3 Å². The highest BCUT2D eigenvalue weighted by atomic mass is 16.3. The molecule has 0 aliphatic rings. The first-order chi connectivity index (χ1) is 5.02. The lowest BCUT2D eigenvalue weighted by molar-refractivity contribution is 0.125. The molecular formula is C9H20O2. The molecule has 0 saturated heterocycles. The fourth-order valence-electron chi connectivity index (χ4n) is 1.33. The molecule has 0 saturated carbocycles. The van der Waals surface area contributed by atoms with Crippen molar-refractivity contribution in [3.05, 3.63) is 0 Å². The van der Waals surface area contributed by atoms with Crippen LogP contribution in [-0.4, -0.2) is 23.4 Å². The second kappa shape index (κ2) is 4.73. The maximum absolute atomic E-state index is 8.95. The molecule has 0 amide bonds. The molecule has 0 bridgehead atoms. The van der Waals surface area contributed by atoms with Crippen LogP contribution in [0.2, 0.25) is 0 Å². The van der Waals surface area contributed by atoms with E-state index in [1.165, 1.54) is 0 Å². The van der Waals surface area contributed by atoms with E-state index < -0.39 is 0 Å². The summed E-state index contributed by atoms with van der Waals surface area (Å²) in [6.07, 6.45) is 1.81. The molecule has 1 atom stereocenters. The van der Waals surface area contributed by atoms with Crippen molar-refractivity contribution in [1.29, 1.82) is 0 Å². The molecule has 2 N–H and O–H groups in total. The van der Waals surface area contributed by atoms with Gasteiger partial charge in [-0.05, 0) is 24.2 Å². The van der Waals surface area contributed by atoms with Crippen LogP contribution in [0.4, 0.5) is 0 Å². The van der Waals surface area contributed by atoms with Crippen LogP contribution < -0.4 is 0 Å². The topological polar surface area (TPSA) is 40.5 Å². The van der Waals surface area contributed by atoms with Crippen molar-refractivity contribution in [3.8, 4) is 0 Å². The summed E-state index contributed by atoms with van der Waals surface area (Å²) in [5.41, 5.74) is 0.00852. The lowest BCUT2D eigenvalue weighted by Gasteiger charge is -2.25. The minimum atomic E-state index is 0.00852. The van der Waals surface area contributed by atoms with E-state index in [0.29, 0.717) is 5.92 Å². The molecule has 2 heteroatoms. The summed E-state index contributed by atoms with van der Waals surface area (Å²) in [6, 6.07) is 0. The average Bonchev–Trinajstić information content (AvgIpc) is 1.87. The standard InChI is InChI=1S/C9H20O2/c1-8(4-5-10)6-9(2,3)7-11/h8,10-11H,4-7H2,1-3H3. The summed E-state index contributed by atoms with van der Waals surface area (Å²) in [6.45, 7) is 6.67. The molecule has 2 nitrogen and oxygen atoms in total. The zero-order valence-corrected chi connectivity index (χ0v) is 7.80. The first kappa shape index (κ1) is 10.9. The quantitative estimate of drug-likeness (QED) is 0.638. The van der Waals surface area contributed by atoms with Crippen molar-refractivity contribution in [2.45, 2.75) is 33.6 Å². The Hall–Kier alpha value is -0.0800. The zero-order chi connectivity index (χ0) is 8.91. The van der Waals surface area contributed by atoms with E-state index in [0.717, 1.165) is 12.8 Å². The summed E-state index contributed by atoms with van der Waals surface area (Å²) < 4.78 is 0. The van der Waals surface area contributed by atoms with E-state index in [1.54, 1.807) is 0 Å². The second-order valence-corrected chi connectivity index (χ2v) is 4.14. The maximum atomic E-state index is 8.95. The number of hydrogen-bond acceptors (Lipinski definition) is 2. The number of rotatable bonds is 5. The van der Waals surface area contributed by atoms with Crippen LogP contribution in [0.15, 0.2) is 0 Å². The van der Waals surface area contributed by atoms with Crippen molar-refractivity contribution in [3.63, 3.8) is 0 Å². The van der Waals surface area contributed by atoms with Gasteiger partial charge in [-0.25, -0.2) is 0 Å². The Bertz CT molecular complexity index is 99.7. The molecular weight excluding hydrogens is 140 g/mol. The summed E-state index contributed by atoms with van der Waals surface area (Å²) in [5, 5.41) is 17.6. The molecule has 0 aromatic carbocycles. The Morgan fingerprint density at radius 3 is 2.18 bits per heavy atom. The SMILES string of the molecule is CC(CCO)CC(C)(C)CO. The maximum Gasteiger partial charge on any atom is 0.0482 e. The Balaban J connectivity index is 3.64. The van der Waals surface area contributed by atoms with E-state index >= 15 is 0 Å². The van der Waals surface area contributed by atoms with Gasteiger partial charge in [-0.3, -0.25) is 0 Å². The van der Waals surface area contributed by atoms with Gasteiger partial charge in [0.2, 0.25) is 0 Å². The molecule has 0 aromatic rings. The molecule has 0 radical (unpaired) electrons. The Morgan fingerprint density at radius 1 is 1.27 bits per heavy atom. The highest BCUT2D eigenvalue weighted by Crippen LogP contribution is 2.25. The van der Waals surface area contributed by atoms with Crippen molar-refractivity contribution in [1.82, 2.24) is 0 Å². The minimum Gasteiger partial charge on any atom is -0.396 e. The largest absolute Gasteiger partial charge is 0.396 e. The normalized spacial score (nSPS) is 15.0. The second-order valence-electron chi connectivity index (χ2n) is 4.14. The van der Waals surface area contributed by atoms with Gasteiger partial charge in [-0.15, -0.1) is 0 Å². The van der Waals surface area contributed by atoms with Crippen LogP contribution in [0.25, 0.3) is 0 Å². The molecule has 0 spiro atoms. The van der Waals surface area contributed by atoms with Gasteiger partial charge >= 0.3 is 0 Å². The summed E-state index contributed by atoms with van der Waals surface area (Å²) >= 11 is 0. The third kappa shape index (κ3) is 5.22. The number of aliphatic hydroxyl groups is 2. The first-order valence-electron chi connectivity index (χ1n) is 4.23. The molecule has 1 unspecified atom stereocenters. The van der Waals surface area contributed by atoms with Gasteiger partial charge in [-0.2, -0.15) is 0 Å². The van der Waals surface area contributed by atoms with Gasteiger partial charge in [0.25, 0.3) is 0 Å². The molecule has 0 fully saturated rings. The predicted octanol–water partition coefficient (Wildman–Crippen LogP) is 1.41. The third-order valence-electron chi connectivity index (χ3n) is 1.95. The summed E-state index contributed by atoms with van der Waals surface area (Å²) in [7, 11) is 0. The molecule has 0 aromatic heterocycles. The minimum absolute atomic E-state index is 0.00852. The molecule has 68 valence electrons. The third-order valence-corrected chi connectivity index (χ3v) is 1.95. The summed E-state index contributed by atoms with van der Waals surface area (Å²) in [5.74, 6) is 0.502. The average molecular weight is 160 g/mol. The molecule has 0 rings (SSSR count). The van der Waals surface area contributed by atoms with E-state index in [-0.39, 0.29) is 18.6 Å². The summed E-state index contributed by atoms with van der Waals surface area (Å²) in [4.78, 5) is 0. The van der Waals surface area contributed by atoms with Crippen LogP contribution in [0.1, 0.15) is 33.6 Å². The Kier molecular flexibility index (Phi) is 4.69. The lowest BCUT2D eigenvalue weighted by Crippen LogP contribution is -2.20. The zero-order valence-electron chi connectivity index (χ0n) is 7.80. The highest BCUT2D eigenvalue weighted by molar-refractivity contribution is 4.70. The smallest absolute Gasteiger partial charge is 0.0482 e. The van der Waals surface area contributed by atoms with E-state index in [2.05, 4.69) is 6.92 Å². The predicted molar refractivity (Wildman–Crippen MR) is 46.4 cm³/mol. The van der Waals surface area contributed by atoms with Crippen molar-refractivity contribution in [2.75, 3.05) is 13.2 Å². The van der Waals surface area contributed by atoms with Crippen LogP contribution in [-0.2, 0) is 0 Å². The van der Waals surface area contributed by atoms with Gasteiger partial charge in [0.05, 0.1) is 0 Å². The van der Waals surface area contributed by atoms with Crippen molar-refractivity contribution in [2.24, 2.45) is 11.3 Å². The van der Waals surface area contributed by atoms with E-state index in [1.807, 2.05) is 13.8 Å². The monoisotopic (exact) mass is 160 g/mol. The van der Waals surface area contributed by atoms with Gasteiger partial charge in [-0.1, -0.05) is 20.8 Å². The lowest BCUT2D eigenvalue weighted by atomic mass is 9.83. The highest BCUT2D eigenvalue weighted by Gasteiger charge is 2.19. The van der Waals surface area contributed by atoms with Gasteiger partial charge < -0.3 is 10.2 Å². The number of hydrogen-bond donors (Lipinski definition) is 2. The number of aliphatic hydroxyl groups excluding tert-OH is 2. The van der Waals surface area contributed by atoms with Crippen LogP contribution in [0.3, 0.4) is 0 Å². The fourth-order valence-corrected chi connectivity index (χ4v) is 1.33. The van der Waals surface area contributed by atoms with Crippen molar-refractivity contribution < 1.29 is 10.2 Å². The molecule has 0 aliphatic carbocycles. The fraction of sp³-hybridized carbons (Fsp3) is 1.00. The van der Waals surface area contributed by atoms with Crippen LogP contribution >= 0.6 is 0 Å². The molecule has 0 heterocycles. The first-order valence-corrected chi connectivity index (χ1v) is 4.23. The van der Waals surface area contributed by atoms with Crippen LogP contribution in [0.5, 0.6) is 0 Å². The van der Waals surface area contributed by atoms with Gasteiger partial charge in [0.1, 0.15) is 0 Å².